The van der Waals surface area contributed by atoms with Gasteiger partial charge in [-0.15, -0.1) is 0 Å². The number of nitrogens with one attached hydrogen (secondary N) is 1. The fraction of sp³-hybridized carbons (Fsp3) is 0.667. The van der Waals surface area contributed by atoms with Gasteiger partial charge in [0.2, 0.25) is 5.91 Å². The van der Waals surface area contributed by atoms with Gasteiger partial charge in [0, 0.05) is 28.3 Å². The Morgan fingerprint density at radius 3 is 2.62 bits per heavy atom. The Labute approximate surface area is 81.0 Å². The zero-order chi connectivity index (χ0) is 9.68. The molecule has 1 heterocycles. The van der Waals surface area contributed by atoms with Gasteiger partial charge in [-0.1, -0.05) is 6.08 Å². The minimum atomic E-state index is -0.649. The van der Waals surface area contributed by atoms with E-state index in [1.807, 2.05) is 6.92 Å². The summed E-state index contributed by atoms with van der Waals surface area (Å²) in [5, 5.41) is 2.88. The summed E-state index contributed by atoms with van der Waals surface area (Å²) in [4.78, 5) is 11.1. The molecule has 4 heteroatoms. The summed E-state index contributed by atoms with van der Waals surface area (Å²) in [6, 6.07) is 0.224. The molecule has 0 aromatic heterocycles. The first-order valence-corrected chi connectivity index (χ1v) is 5.99. The van der Waals surface area contributed by atoms with Crippen LogP contribution in [0.5, 0.6) is 0 Å². The average molecular weight is 201 g/mol. The molecule has 0 unspecified atom stereocenters. The summed E-state index contributed by atoms with van der Waals surface area (Å²) in [5.74, 6) is 1.40. The van der Waals surface area contributed by atoms with Crippen LogP contribution in [0.1, 0.15) is 19.8 Å². The quantitative estimate of drug-likeness (QED) is 0.665. The van der Waals surface area contributed by atoms with E-state index in [4.69, 9.17) is 0 Å². The normalized spacial score (nSPS) is 29.0. The molecule has 0 spiro atoms. The molecule has 0 atom stereocenters. The van der Waals surface area contributed by atoms with Crippen LogP contribution in [0.2, 0.25) is 0 Å². The Bertz CT molecular complexity index is 228. The molecule has 1 fully saturated rings. The van der Waals surface area contributed by atoms with E-state index in [0.717, 1.165) is 24.3 Å². The summed E-state index contributed by atoms with van der Waals surface area (Å²) in [7, 11) is -0.649. The van der Waals surface area contributed by atoms with E-state index < -0.39 is 10.8 Å². The van der Waals surface area contributed by atoms with Crippen molar-refractivity contribution in [3.05, 3.63) is 12.2 Å². The molecule has 0 aliphatic carbocycles. The number of rotatable bonds is 2. The zero-order valence-corrected chi connectivity index (χ0v) is 8.60. The highest BCUT2D eigenvalue weighted by Gasteiger charge is 2.18. The summed E-state index contributed by atoms with van der Waals surface area (Å²) < 4.78 is 11.0. The molecule has 0 bridgehead atoms. The first-order valence-electron chi connectivity index (χ1n) is 4.50. The molecule has 1 aliphatic rings. The minimum absolute atomic E-state index is 0.0415. The van der Waals surface area contributed by atoms with Gasteiger partial charge in [0.05, 0.1) is 0 Å². The molecule has 74 valence electrons. The molecule has 1 aliphatic heterocycles. The van der Waals surface area contributed by atoms with E-state index >= 15 is 0 Å². The van der Waals surface area contributed by atoms with Crippen molar-refractivity contribution in [2.75, 3.05) is 11.5 Å². The molecule has 1 N–H and O–H groups in total. The van der Waals surface area contributed by atoms with E-state index in [1.54, 1.807) is 6.08 Å². The highest BCUT2D eigenvalue weighted by molar-refractivity contribution is 7.85. The van der Waals surface area contributed by atoms with Gasteiger partial charge in [-0.2, -0.15) is 0 Å². The number of hydrogen-bond donors (Lipinski definition) is 1. The molecular weight excluding hydrogens is 186 g/mol. The third-order valence-electron chi connectivity index (χ3n) is 2.05. The topological polar surface area (TPSA) is 46.2 Å². The first kappa shape index (κ1) is 10.4. The molecule has 1 saturated heterocycles. The van der Waals surface area contributed by atoms with Gasteiger partial charge in [-0.3, -0.25) is 9.00 Å². The number of carbonyl (C=O) groups excluding carboxylic acids is 1. The van der Waals surface area contributed by atoms with Gasteiger partial charge in [0.15, 0.2) is 0 Å². The lowest BCUT2D eigenvalue weighted by Crippen LogP contribution is -2.38. The van der Waals surface area contributed by atoms with Crippen molar-refractivity contribution in [2.45, 2.75) is 25.8 Å². The van der Waals surface area contributed by atoms with Crippen LogP contribution in [-0.2, 0) is 15.6 Å². The Kier molecular flexibility index (Phi) is 4.15. The van der Waals surface area contributed by atoms with Crippen molar-refractivity contribution in [1.82, 2.24) is 5.32 Å². The maximum absolute atomic E-state index is 11.1. The second kappa shape index (κ2) is 5.17. The van der Waals surface area contributed by atoms with Crippen molar-refractivity contribution in [1.29, 1.82) is 0 Å². The van der Waals surface area contributed by atoms with Gasteiger partial charge in [0.1, 0.15) is 0 Å². The molecule has 1 rings (SSSR count). The van der Waals surface area contributed by atoms with Crippen molar-refractivity contribution in [3.8, 4) is 0 Å². The maximum Gasteiger partial charge on any atom is 0.243 e. The molecule has 0 aromatic carbocycles. The van der Waals surface area contributed by atoms with Crippen molar-refractivity contribution in [2.24, 2.45) is 0 Å². The van der Waals surface area contributed by atoms with Gasteiger partial charge in [-0.05, 0) is 25.8 Å². The fourth-order valence-corrected chi connectivity index (χ4v) is 2.64. The van der Waals surface area contributed by atoms with Gasteiger partial charge in [0.25, 0.3) is 0 Å². The van der Waals surface area contributed by atoms with Crippen LogP contribution in [0.15, 0.2) is 12.2 Å². The largest absolute Gasteiger partial charge is 0.350 e. The van der Waals surface area contributed by atoms with Crippen LogP contribution >= 0.6 is 0 Å². The predicted molar refractivity (Wildman–Crippen MR) is 53.9 cm³/mol. The Morgan fingerprint density at radius 2 is 2.08 bits per heavy atom. The van der Waals surface area contributed by atoms with Crippen LogP contribution in [0.4, 0.5) is 0 Å². The van der Waals surface area contributed by atoms with Gasteiger partial charge >= 0.3 is 0 Å². The van der Waals surface area contributed by atoms with Crippen molar-refractivity contribution >= 4 is 16.7 Å². The standard InChI is InChI=1S/C9H15NO2S/c1-2-3-9(11)10-8-4-6-13(12)7-5-8/h2-3,8H,4-7H2,1H3,(H,10,11)/b3-2+. The lowest BCUT2D eigenvalue weighted by Gasteiger charge is -2.21. The summed E-state index contributed by atoms with van der Waals surface area (Å²) >= 11 is 0. The van der Waals surface area contributed by atoms with Crippen LogP contribution in [0.25, 0.3) is 0 Å². The highest BCUT2D eigenvalue weighted by Crippen LogP contribution is 2.08. The molecule has 0 aromatic rings. The summed E-state index contributed by atoms with van der Waals surface area (Å²) in [6.45, 7) is 1.81. The van der Waals surface area contributed by atoms with E-state index in [-0.39, 0.29) is 11.9 Å². The number of carbonyl (C=O) groups is 1. The summed E-state index contributed by atoms with van der Waals surface area (Å²) in [6.07, 6.45) is 4.92. The fourth-order valence-electron chi connectivity index (χ4n) is 1.34. The van der Waals surface area contributed by atoms with E-state index in [9.17, 15) is 9.00 Å². The van der Waals surface area contributed by atoms with E-state index in [2.05, 4.69) is 5.32 Å². The van der Waals surface area contributed by atoms with Gasteiger partial charge in [-0.25, -0.2) is 0 Å². The van der Waals surface area contributed by atoms with Crippen LogP contribution in [0, 0.1) is 0 Å². The average Bonchev–Trinajstić information content (AvgIpc) is 2.09. The number of allylic oxidation sites excluding steroid dienone is 1. The van der Waals surface area contributed by atoms with Crippen molar-refractivity contribution in [3.63, 3.8) is 0 Å². The van der Waals surface area contributed by atoms with Gasteiger partial charge < -0.3 is 5.32 Å². The smallest absolute Gasteiger partial charge is 0.243 e. The number of hydrogen-bond acceptors (Lipinski definition) is 2. The van der Waals surface area contributed by atoms with Crippen LogP contribution < -0.4 is 5.32 Å². The lowest BCUT2D eigenvalue weighted by atomic mass is 10.1. The zero-order valence-electron chi connectivity index (χ0n) is 7.79. The molecular formula is C9H15NO2S. The third-order valence-corrected chi connectivity index (χ3v) is 3.43. The van der Waals surface area contributed by atoms with E-state index in [0.29, 0.717) is 0 Å². The number of amides is 1. The first-order chi connectivity index (χ1) is 6.22. The second-order valence-electron chi connectivity index (χ2n) is 3.13. The predicted octanol–water partition coefficient (Wildman–Crippen LogP) is 0.590. The third kappa shape index (κ3) is 3.72. The Balaban J connectivity index is 2.30. The molecule has 0 saturated carbocycles. The van der Waals surface area contributed by atoms with Crippen molar-refractivity contribution < 1.29 is 9.00 Å². The highest BCUT2D eigenvalue weighted by atomic mass is 32.2. The monoisotopic (exact) mass is 201 g/mol. The minimum Gasteiger partial charge on any atom is -0.350 e. The molecule has 3 nitrogen and oxygen atoms in total. The van der Waals surface area contributed by atoms with E-state index in [1.165, 1.54) is 6.08 Å². The molecule has 1 amide bonds. The maximum atomic E-state index is 11.1. The Hall–Kier alpha value is -0.640. The molecule has 13 heavy (non-hydrogen) atoms. The Morgan fingerprint density at radius 1 is 1.46 bits per heavy atom. The molecule has 0 radical (unpaired) electrons. The van der Waals surface area contributed by atoms with Crippen LogP contribution in [-0.4, -0.2) is 27.7 Å². The second-order valence-corrected chi connectivity index (χ2v) is 4.83. The summed E-state index contributed by atoms with van der Waals surface area (Å²) in [5.41, 5.74) is 0. The van der Waals surface area contributed by atoms with Crippen LogP contribution in [0.3, 0.4) is 0 Å². The SMILES string of the molecule is C/C=C/C(=O)NC1CCS(=O)CC1. The lowest BCUT2D eigenvalue weighted by molar-refractivity contribution is -0.117.